The second-order valence-electron chi connectivity index (χ2n) is 7.04. The van der Waals surface area contributed by atoms with E-state index in [0.717, 1.165) is 0 Å². The predicted molar refractivity (Wildman–Crippen MR) is 75.0 cm³/mol. The average Bonchev–Trinajstić information content (AvgIpc) is 3.12. The van der Waals surface area contributed by atoms with Crippen LogP contribution in [-0.2, 0) is 33.3 Å². The highest BCUT2D eigenvalue weighted by Gasteiger charge is 2.58. The molecule has 8 nitrogen and oxygen atoms in total. The first-order valence-corrected chi connectivity index (χ1v) is 8.00. The van der Waals surface area contributed by atoms with E-state index in [1.165, 1.54) is 0 Å². The number of fused-ring (bicyclic) bond motifs is 2. The van der Waals surface area contributed by atoms with E-state index in [1.807, 2.05) is 20.9 Å². The van der Waals surface area contributed by atoms with Crippen LogP contribution in [0.3, 0.4) is 0 Å². The Morgan fingerprint density at radius 1 is 1.26 bits per heavy atom. The van der Waals surface area contributed by atoms with Gasteiger partial charge in [0, 0.05) is 27.1 Å². The van der Waals surface area contributed by atoms with E-state index < -0.39 is 12.1 Å². The molecule has 130 valence electrons. The third-order valence-electron chi connectivity index (χ3n) is 4.91. The van der Waals surface area contributed by atoms with Gasteiger partial charge in [-0.15, -0.1) is 0 Å². The standard InChI is InChI=1S/C15H23NO7/c1-15(2)21-12-11(18-4)9(20-14(12)22-15)5-8-10-7(13(17)19-8)6-16(3)23-10/h7-12,14H,5-6H2,1-4H3/t7-,8-,9-,10+,11+,12-,14-/m1/s1. The molecule has 0 aromatic heterocycles. The Kier molecular flexibility index (Phi) is 3.67. The van der Waals surface area contributed by atoms with E-state index in [4.69, 9.17) is 28.5 Å². The number of rotatable bonds is 3. The Labute approximate surface area is 134 Å². The second kappa shape index (κ2) is 5.37. The third kappa shape index (κ3) is 2.57. The molecule has 23 heavy (non-hydrogen) atoms. The summed E-state index contributed by atoms with van der Waals surface area (Å²) in [6.07, 6.45) is -1.37. The van der Waals surface area contributed by atoms with E-state index in [1.54, 1.807) is 12.2 Å². The Morgan fingerprint density at radius 3 is 2.78 bits per heavy atom. The van der Waals surface area contributed by atoms with Crippen LogP contribution in [0.25, 0.3) is 0 Å². The van der Waals surface area contributed by atoms with Crippen molar-refractivity contribution in [3.8, 4) is 0 Å². The van der Waals surface area contributed by atoms with Crippen LogP contribution in [-0.4, -0.2) is 74.3 Å². The number of nitrogens with zero attached hydrogens (tertiary/aromatic N) is 1. The number of hydrogen-bond acceptors (Lipinski definition) is 8. The summed E-state index contributed by atoms with van der Waals surface area (Å²) in [5.74, 6) is -1.11. The molecule has 4 aliphatic rings. The molecule has 4 rings (SSSR count). The van der Waals surface area contributed by atoms with Crippen molar-refractivity contribution in [3.63, 3.8) is 0 Å². The molecule has 0 saturated carbocycles. The van der Waals surface area contributed by atoms with Crippen LogP contribution in [0.15, 0.2) is 0 Å². The van der Waals surface area contributed by atoms with Crippen LogP contribution < -0.4 is 0 Å². The molecule has 4 heterocycles. The Hall–Kier alpha value is -0.770. The summed E-state index contributed by atoms with van der Waals surface area (Å²) >= 11 is 0. The molecule has 4 saturated heterocycles. The van der Waals surface area contributed by atoms with Crippen LogP contribution in [0.1, 0.15) is 20.3 Å². The van der Waals surface area contributed by atoms with Crippen LogP contribution in [0.4, 0.5) is 0 Å². The molecule has 0 aromatic rings. The number of cyclic esters (lactones) is 1. The van der Waals surface area contributed by atoms with E-state index in [0.29, 0.717) is 13.0 Å². The topological polar surface area (TPSA) is 75.7 Å². The van der Waals surface area contributed by atoms with Crippen molar-refractivity contribution >= 4 is 5.97 Å². The molecule has 4 aliphatic heterocycles. The van der Waals surface area contributed by atoms with Gasteiger partial charge < -0.3 is 23.7 Å². The van der Waals surface area contributed by atoms with Crippen molar-refractivity contribution in [2.24, 2.45) is 5.92 Å². The van der Waals surface area contributed by atoms with Crippen LogP contribution in [0, 0.1) is 5.92 Å². The lowest BCUT2D eigenvalue weighted by Crippen LogP contribution is -2.39. The summed E-state index contributed by atoms with van der Waals surface area (Å²) in [5, 5.41) is 1.69. The monoisotopic (exact) mass is 329 g/mol. The molecule has 0 unspecified atom stereocenters. The average molecular weight is 329 g/mol. The van der Waals surface area contributed by atoms with Crippen molar-refractivity contribution in [3.05, 3.63) is 0 Å². The lowest BCUT2D eigenvalue weighted by atomic mass is 9.96. The highest BCUT2D eigenvalue weighted by Crippen LogP contribution is 2.42. The molecule has 0 amide bonds. The van der Waals surface area contributed by atoms with E-state index >= 15 is 0 Å². The second-order valence-corrected chi connectivity index (χ2v) is 7.04. The predicted octanol–water partition coefficient (Wildman–Crippen LogP) is 0.0551. The minimum absolute atomic E-state index is 0.204. The Morgan fingerprint density at radius 2 is 2.04 bits per heavy atom. The molecule has 8 heteroatoms. The molecule has 0 spiro atoms. The first-order chi connectivity index (χ1) is 10.9. The van der Waals surface area contributed by atoms with Gasteiger partial charge in [-0.3, -0.25) is 9.63 Å². The SMILES string of the molecule is CO[C@@H]1[C@H]2OC(C)(C)O[C@H]2O[C@@H]1C[C@H]1OC(=O)[C@@H]2CN(C)O[C@H]12. The number of hydrogen-bond donors (Lipinski definition) is 0. The third-order valence-corrected chi connectivity index (χ3v) is 4.91. The van der Waals surface area contributed by atoms with E-state index in [9.17, 15) is 4.79 Å². The van der Waals surface area contributed by atoms with Crippen molar-refractivity contribution in [1.82, 2.24) is 5.06 Å². The maximum atomic E-state index is 12.0. The lowest BCUT2D eigenvalue weighted by Gasteiger charge is -2.27. The van der Waals surface area contributed by atoms with Crippen molar-refractivity contribution in [1.29, 1.82) is 0 Å². The van der Waals surface area contributed by atoms with Crippen LogP contribution in [0.5, 0.6) is 0 Å². The Balaban J connectivity index is 1.45. The number of carbonyl (C=O) groups excluding carboxylic acids is 1. The maximum Gasteiger partial charge on any atom is 0.313 e. The van der Waals surface area contributed by atoms with Crippen LogP contribution >= 0.6 is 0 Å². The minimum atomic E-state index is -0.681. The van der Waals surface area contributed by atoms with Crippen molar-refractivity contribution < 1.29 is 33.3 Å². The van der Waals surface area contributed by atoms with Gasteiger partial charge in [0.25, 0.3) is 0 Å². The summed E-state index contributed by atoms with van der Waals surface area (Å²) in [7, 11) is 3.45. The summed E-state index contributed by atoms with van der Waals surface area (Å²) in [6, 6.07) is 0. The first-order valence-electron chi connectivity index (χ1n) is 8.00. The zero-order chi connectivity index (χ0) is 16.4. The molecule has 7 atom stereocenters. The van der Waals surface area contributed by atoms with Crippen molar-refractivity contribution in [2.75, 3.05) is 20.7 Å². The maximum absolute atomic E-state index is 12.0. The smallest absolute Gasteiger partial charge is 0.313 e. The number of esters is 1. The highest BCUT2D eigenvalue weighted by atomic mass is 16.8. The summed E-state index contributed by atoms with van der Waals surface area (Å²) in [4.78, 5) is 17.7. The lowest BCUT2D eigenvalue weighted by molar-refractivity contribution is -0.222. The first kappa shape index (κ1) is 15.7. The van der Waals surface area contributed by atoms with Gasteiger partial charge in [0.1, 0.15) is 30.3 Å². The zero-order valence-electron chi connectivity index (χ0n) is 13.8. The van der Waals surface area contributed by atoms with Gasteiger partial charge in [0.05, 0.1) is 6.10 Å². The fraction of sp³-hybridized carbons (Fsp3) is 0.933. The molecule has 0 radical (unpaired) electrons. The highest BCUT2D eigenvalue weighted by molar-refractivity contribution is 5.76. The normalized spacial score (nSPS) is 48.5. The molecular weight excluding hydrogens is 306 g/mol. The number of carbonyl (C=O) groups is 1. The van der Waals surface area contributed by atoms with Crippen LogP contribution in [0.2, 0.25) is 0 Å². The quantitative estimate of drug-likeness (QED) is 0.673. The van der Waals surface area contributed by atoms with Gasteiger partial charge in [0.2, 0.25) is 0 Å². The number of hydroxylamine groups is 2. The minimum Gasteiger partial charge on any atom is -0.459 e. The molecular formula is C15H23NO7. The summed E-state index contributed by atoms with van der Waals surface area (Å²) in [5.41, 5.74) is 0. The molecule has 4 fully saturated rings. The fourth-order valence-corrected chi connectivity index (χ4v) is 3.98. The molecule has 0 aromatic carbocycles. The number of methoxy groups -OCH3 is 1. The van der Waals surface area contributed by atoms with Gasteiger partial charge in [-0.2, -0.15) is 5.06 Å². The summed E-state index contributed by atoms with van der Waals surface area (Å²) in [6.45, 7) is 4.26. The van der Waals surface area contributed by atoms with Gasteiger partial charge in [-0.1, -0.05) is 0 Å². The van der Waals surface area contributed by atoms with E-state index in [-0.39, 0.29) is 42.4 Å². The number of ether oxygens (including phenoxy) is 5. The zero-order valence-corrected chi connectivity index (χ0v) is 13.8. The molecule has 0 aliphatic carbocycles. The molecule has 0 bridgehead atoms. The van der Waals surface area contributed by atoms with Gasteiger partial charge >= 0.3 is 5.97 Å². The summed E-state index contributed by atoms with van der Waals surface area (Å²) < 4.78 is 28.7. The van der Waals surface area contributed by atoms with Gasteiger partial charge in [-0.05, 0) is 13.8 Å². The van der Waals surface area contributed by atoms with Gasteiger partial charge in [0.15, 0.2) is 12.1 Å². The fourth-order valence-electron chi connectivity index (χ4n) is 3.98. The largest absolute Gasteiger partial charge is 0.459 e. The van der Waals surface area contributed by atoms with E-state index in [2.05, 4.69) is 0 Å². The molecule has 0 N–H and O–H groups in total. The Bertz CT molecular complexity index is 498. The van der Waals surface area contributed by atoms with Gasteiger partial charge in [-0.25, -0.2) is 0 Å². The van der Waals surface area contributed by atoms with Crippen molar-refractivity contribution in [2.45, 2.75) is 62.9 Å².